The molecule has 2 aromatic carbocycles. The highest BCUT2D eigenvalue weighted by molar-refractivity contribution is 5.92. The minimum absolute atomic E-state index is 0.610. The van der Waals surface area contributed by atoms with Gasteiger partial charge in [0, 0.05) is 30.8 Å². The monoisotopic (exact) mass is 381 g/mol. The highest BCUT2D eigenvalue weighted by atomic mass is 15.1. The number of amidine groups is 1. The normalized spacial score (nSPS) is 15.7. The van der Waals surface area contributed by atoms with Gasteiger partial charge in [-0.2, -0.15) is 0 Å². The molecule has 2 heterocycles. The first-order valence-corrected chi connectivity index (χ1v) is 10.1. The van der Waals surface area contributed by atoms with Crippen LogP contribution in [-0.4, -0.2) is 23.8 Å². The first-order valence-electron chi connectivity index (χ1n) is 10.1. The molecule has 2 aliphatic rings. The van der Waals surface area contributed by atoms with Crippen LogP contribution in [0.4, 0.5) is 5.69 Å². The molecule has 0 saturated carbocycles. The van der Waals surface area contributed by atoms with Crippen LogP contribution in [0.1, 0.15) is 37.3 Å². The molecule has 4 rings (SSSR count). The summed E-state index contributed by atoms with van der Waals surface area (Å²) in [6.07, 6.45) is 5.27. The van der Waals surface area contributed by atoms with Gasteiger partial charge in [-0.25, -0.2) is 4.99 Å². The third-order valence-electron chi connectivity index (χ3n) is 5.78. The van der Waals surface area contributed by atoms with Crippen LogP contribution in [0.5, 0.6) is 0 Å². The molecular formula is C26H27N3. The standard InChI is InChI=1S/C26H27N3/c1-4-18(2)24-15-23-12-11-22(16-25(23)28-26(27)17-24)21-9-7-20(8-10-21)19(3)29-13-5-6-14-29/h7-12,15-16H,1,3,5-6,13-14,17H2,2H3,(H2,27,28). The van der Waals surface area contributed by atoms with Gasteiger partial charge in [-0.05, 0) is 59.7 Å². The van der Waals surface area contributed by atoms with Crippen molar-refractivity contribution in [2.24, 2.45) is 10.7 Å². The first kappa shape index (κ1) is 19.0. The molecule has 0 amide bonds. The number of fused-ring (bicyclic) bond motifs is 1. The van der Waals surface area contributed by atoms with Crippen LogP contribution >= 0.6 is 0 Å². The fourth-order valence-electron chi connectivity index (χ4n) is 3.95. The lowest BCUT2D eigenvalue weighted by atomic mass is 9.98. The predicted molar refractivity (Wildman–Crippen MR) is 124 cm³/mol. The Morgan fingerprint density at radius 3 is 2.45 bits per heavy atom. The zero-order valence-electron chi connectivity index (χ0n) is 17.0. The number of nitrogens with two attached hydrogens (primary N) is 1. The molecule has 0 unspecified atom stereocenters. The van der Waals surface area contributed by atoms with E-state index in [0.717, 1.165) is 52.3 Å². The van der Waals surface area contributed by atoms with Crippen LogP contribution in [0.25, 0.3) is 22.9 Å². The second kappa shape index (κ2) is 7.98. The molecule has 0 bridgehead atoms. The Morgan fingerprint density at radius 1 is 1.07 bits per heavy atom. The Morgan fingerprint density at radius 2 is 1.76 bits per heavy atom. The van der Waals surface area contributed by atoms with E-state index in [0.29, 0.717) is 12.3 Å². The van der Waals surface area contributed by atoms with Gasteiger partial charge in [0.2, 0.25) is 0 Å². The quantitative estimate of drug-likeness (QED) is 0.667. The lowest BCUT2D eigenvalue weighted by molar-refractivity contribution is 0.494. The molecule has 3 nitrogen and oxygen atoms in total. The van der Waals surface area contributed by atoms with Crippen molar-refractivity contribution >= 4 is 23.3 Å². The Kier molecular flexibility index (Phi) is 5.24. The highest BCUT2D eigenvalue weighted by Crippen LogP contribution is 2.33. The number of hydrogen-bond donors (Lipinski definition) is 1. The molecule has 3 heteroatoms. The lowest BCUT2D eigenvalue weighted by Crippen LogP contribution is -2.16. The van der Waals surface area contributed by atoms with Crippen molar-refractivity contribution in [2.75, 3.05) is 13.1 Å². The van der Waals surface area contributed by atoms with Crippen molar-refractivity contribution < 1.29 is 0 Å². The summed E-state index contributed by atoms with van der Waals surface area (Å²) in [5.41, 5.74) is 17.8. The number of aliphatic imine (C=N–C) groups is 1. The Labute approximate surface area is 173 Å². The van der Waals surface area contributed by atoms with E-state index < -0.39 is 0 Å². The Hall–Kier alpha value is -3.29. The van der Waals surface area contributed by atoms with Crippen molar-refractivity contribution in [3.63, 3.8) is 0 Å². The largest absolute Gasteiger partial charge is 0.387 e. The molecule has 0 aromatic heterocycles. The van der Waals surface area contributed by atoms with Gasteiger partial charge < -0.3 is 10.6 Å². The van der Waals surface area contributed by atoms with E-state index in [2.05, 4.69) is 77.3 Å². The molecule has 0 atom stereocenters. The van der Waals surface area contributed by atoms with E-state index in [1.165, 1.54) is 18.4 Å². The molecule has 2 aromatic rings. The summed E-state index contributed by atoms with van der Waals surface area (Å²) < 4.78 is 0. The van der Waals surface area contributed by atoms with Crippen molar-refractivity contribution in [1.29, 1.82) is 0 Å². The summed E-state index contributed by atoms with van der Waals surface area (Å²) in [6.45, 7) is 12.3. The van der Waals surface area contributed by atoms with Crippen molar-refractivity contribution in [3.8, 4) is 11.1 Å². The van der Waals surface area contributed by atoms with Gasteiger partial charge in [0.25, 0.3) is 0 Å². The fraction of sp³-hybridized carbons (Fsp3) is 0.231. The lowest BCUT2D eigenvalue weighted by Gasteiger charge is -2.20. The molecule has 0 spiro atoms. The summed E-state index contributed by atoms with van der Waals surface area (Å²) in [4.78, 5) is 7.02. The average Bonchev–Trinajstić information content (AvgIpc) is 3.22. The molecule has 2 aliphatic heterocycles. The maximum absolute atomic E-state index is 6.17. The summed E-state index contributed by atoms with van der Waals surface area (Å²) >= 11 is 0. The molecule has 146 valence electrons. The van der Waals surface area contributed by atoms with Gasteiger partial charge in [0.05, 0.1) is 5.69 Å². The van der Waals surface area contributed by atoms with Crippen molar-refractivity contribution in [1.82, 2.24) is 4.90 Å². The van der Waals surface area contributed by atoms with Gasteiger partial charge >= 0.3 is 0 Å². The predicted octanol–water partition coefficient (Wildman–Crippen LogP) is 5.93. The molecule has 2 N–H and O–H groups in total. The van der Waals surface area contributed by atoms with Gasteiger partial charge in [0.15, 0.2) is 0 Å². The zero-order valence-corrected chi connectivity index (χ0v) is 17.0. The van der Waals surface area contributed by atoms with E-state index in [9.17, 15) is 0 Å². The molecule has 0 aliphatic carbocycles. The number of benzene rings is 2. The molecule has 1 fully saturated rings. The summed E-state index contributed by atoms with van der Waals surface area (Å²) in [7, 11) is 0. The summed E-state index contributed by atoms with van der Waals surface area (Å²) in [6, 6.07) is 15.0. The van der Waals surface area contributed by atoms with Gasteiger partial charge in [-0.15, -0.1) is 5.73 Å². The maximum Gasteiger partial charge on any atom is 0.104 e. The van der Waals surface area contributed by atoms with E-state index in [1.807, 2.05) is 6.92 Å². The minimum atomic E-state index is 0.610. The maximum atomic E-state index is 6.17. The van der Waals surface area contributed by atoms with Crippen LogP contribution in [0, 0.1) is 0 Å². The second-order valence-electron chi connectivity index (χ2n) is 7.74. The van der Waals surface area contributed by atoms with Crippen molar-refractivity contribution in [3.05, 3.63) is 83.6 Å². The molecule has 1 saturated heterocycles. The number of nitrogens with zero attached hydrogens (tertiary/aromatic N) is 2. The third-order valence-corrected chi connectivity index (χ3v) is 5.78. The van der Waals surface area contributed by atoms with Crippen LogP contribution < -0.4 is 5.73 Å². The SMILES string of the molecule is C=C=C(C)C1=Cc2ccc(-c3ccc(C(=C)N4CCCC4)cc3)cc2N=C(N)C1. The van der Waals surface area contributed by atoms with E-state index in [-0.39, 0.29) is 0 Å². The first-order chi connectivity index (χ1) is 14.0. The zero-order chi connectivity index (χ0) is 20.4. The Balaban J connectivity index is 1.64. The van der Waals surface area contributed by atoms with E-state index in [1.54, 1.807) is 0 Å². The molecular weight excluding hydrogens is 354 g/mol. The topological polar surface area (TPSA) is 41.6 Å². The number of hydrogen-bond acceptors (Lipinski definition) is 3. The summed E-state index contributed by atoms with van der Waals surface area (Å²) in [5.74, 6) is 0.610. The minimum Gasteiger partial charge on any atom is -0.387 e. The number of rotatable bonds is 4. The van der Waals surface area contributed by atoms with Crippen LogP contribution in [0.2, 0.25) is 0 Å². The fourth-order valence-corrected chi connectivity index (χ4v) is 3.95. The molecule has 0 radical (unpaired) electrons. The second-order valence-corrected chi connectivity index (χ2v) is 7.74. The van der Waals surface area contributed by atoms with Crippen LogP contribution in [0.3, 0.4) is 0 Å². The van der Waals surface area contributed by atoms with E-state index in [4.69, 9.17) is 5.73 Å². The average molecular weight is 382 g/mol. The molecule has 29 heavy (non-hydrogen) atoms. The smallest absolute Gasteiger partial charge is 0.104 e. The van der Waals surface area contributed by atoms with Crippen LogP contribution in [-0.2, 0) is 0 Å². The van der Waals surface area contributed by atoms with Crippen LogP contribution in [0.15, 0.2) is 77.5 Å². The van der Waals surface area contributed by atoms with Gasteiger partial charge in [-0.1, -0.05) is 49.6 Å². The highest BCUT2D eigenvalue weighted by Gasteiger charge is 2.15. The van der Waals surface area contributed by atoms with Gasteiger partial charge in [-0.3, -0.25) is 0 Å². The Bertz CT molecular complexity index is 1060. The van der Waals surface area contributed by atoms with Crippen molar-refractivity contribution in [2.45, 2.75) is 26.2 Å². The van der Waals surface area contributed by atoms with Gasteiger partial charge in [0.1, 0.15) is 5.84 Å². The van der Waals surface area contributed by atoms with E-state index >= 15 is 0 Å². The summed E-state index contributed by atoms with van der Waals surface area (Å²) in [5, 5.41) is 0. The number of allylic oxidation sites excluding steroid dienone is 1. The number of likely N-dealkylation sites (tertiary alicyclic amines) is 1. The third kappa shape index (κ3) is 3.96.